The molecule has 1 N–H and O–H groups in total. The third-order valence-corrected chi connectivity index (χ3v) is 5.98. The predicted octanol–water partition coefficient (Wildman–Crippen LogP) is 3.49. The normalized spacial score (nSPS) is 16.3. The van der Waals surface area contributed by atoms with Gasteiger partial charge in [-0.05, 0) is 48.6 Å². The van der Waals surface area contributed by atoms with E-state index in [2.05, 4.69) is 15.3 Å². The van der Waals surface area contributed by atoms with Crippen molar-refractivity contribution in [3.8, 4) is 11.3 Å². The van der Waals surface area contributed by atoms with Crippen molar-refractivity contribution in [2.24, 2.45) is 5.92 Å². The molecule has 1 saturated heterocycles. The lowest BCUT2D eigenvalue weighted by molar-refractivity contribution is -0.126. The van der Waals surface area contributed by atoms with Crippen molar-refractivity contribution < 1.29 is 9.59 Å². The minimum atomic E-state index is -0.370. The maximum atomic E-state index is 12.7. The van der Waals surface area contributed by atoms with E-state index in [1.165, 1.54) is 5.56 Å². The van der Waals surface area contributed by atoms with Crippen molar-refractivity contribution in [2.45, 2.75) is 26.8 Å². The van der Waals surface area contributed by atoms with E-state index in [-0.39, 0.29) is 30.7 Å². The maximum Gasteiger partial charge on any atom is 0.227 e. The Morgan fingerprint density at radius 1 is 1.21 bits per heavy atom. The predicted molar refractivity (Wildman–Crippen MR) is 114 cm³/mol. The molecule has 1 aromatic carbocycles. The summed E-state index contributed by atoms with van der Waals surface area (Å²) in [6.07, 6.45) is 3.49. The first-order valence-electron chi connectivity index (χ1n) is 9.50. The zero-order valence-electron chi connectivity index (χ0n) is 16.4. The van der Waals surface area contributed by atoms with Gasteiger partial charge in [0.25, 0.3) is 0 Å². The summed E-state index contributed by atoms with van der Waals surface area (Å²) in [6.45, 7) is 4.74. The van der Waals surface area contributed by atoms with Crippen LogP contribution >= 0.6 is 11.3 Å². The molecule has 2 amide bonds. The number of aryl methyl sites for hydroxylation is 2. The fraction of sp³-hybridized carbons (Fsp3) is 0.273. The van der Waals surface area contributed by atoms with E-state index in [1.54, 1.807) is 28.6 Å². The fourth-order valence-corrected chi connectivity index (χ4v) is 4.12. The van der Waals surface area contributed by atoms with Gasteiger partial charge < -0.3 is 10.2 Å². The second-order valence-electron chi connectivity index (χ2n) is 7.26. The molecular weight excluding hydrogens is 384 g/mol. The largest absolute Gasteiger partial charge is 0.350 e. The van der Waals surface area contributed by atoms with Crippen LogP contribution < -0.4 is 10.2 Å². The molecule has 7 heteroatoms. The van der Waals surface area contributed by atoms with Gasteiger partial charge >= 0.3 is 0 Å². The number of thiophene rings is 1. The molecule has 0 spiro atoms. The monoisotopic (exact) mass is 406 g/mol. The minimum Gasteiger partial charge on any atom is -0.350 e. The first kappa shape index (κ1) is 19.3. The van der Waals surface area contributed by atoms with Crippen LogP contribution in [0.5, 0.6) is 0 Å². The van der Waals surface area contributed by atoms with Crippen LogP contribution in [0, 0.1) is 19.8 Å². The molecule has 0 radical (unpaired) electrons. The van der Waals surface area contributed by atoms with Gasteiger partial charge in [0.15, 0.2) is 0 Å². The molecule has 1 aliphatic heterocycles. The van der Waals surface area contributed by atoms with Gasteiger partial charge in [0.2, 0.25) is 11.8 Å². The molecule has 0 unspecified atom stereocenters. The van der Waals surface area contributed by atoms with Crippen LogP contribution in [-0.4, -0.2) is 28.3 Å². The van der Waals surface area contributed by atoms with E-state index in [4.69, 9.17) is 0 Å². The number of nitrogens with zero attached hydrogens (tertiary/aromatic N) is 3. The Hall–Kier alpha value is -3.06. The number of nitrogens with one attached hydrogen (secondary N) is 1. The molecule has 148 valence electrons. The molecule has 1 aliphatic rings. The van der Waals surface area contributed by atoms with E-state index < -0.39 is 0 Å². The molecule has 0 bridgehead atoms. The van der Waals surface area contributed by atoms with Crippen LogP contribution in [-0.2, 0) is 16.1 Å². The van der Waals surface area contributed by atoms with Crippen molar-refractivity contribution in [3.63, 3.8) is 0 Å². The van der Waals surface area contributed by atoms with E-state index in [9.17, 15) is 9.59 Å². The van der Waals surface area contributed by atoms with Gasteiger partial charge in [-0.1, -0.05) is 6.07 Å². The second kappa shape index (κ2) is 8.13. The van der Waals surface area contributed by atoms with Crippen LogP contribution in [0.25, 0.3) is 11.3 Å². The Bertz CT molecular complexity index is 1050. The summed E-state index contributed by atoms with van der Waals surface area (Å²) in [5.74, 6) is -0.524. The number of carbonyl (C=O) groups is 2. The highest BCUT2D eigenvalue weighted by Crippen LogP contribution is 2.27. The number of carbonyl (C=O) groups excluding carboxylic acids is 2. The maximum absolute atomic E-state index is 12.7. The summed E-state index contributed by atoms with van der Waals surface area (Å²) in [6, 6.07) is 7.93. The number of anilines is 1. The summed E-state index contributed by atoms with van der Waals surface area (Å²) in [7, 11) is 0. The fourth-order valence-electron chi connectivity index (χ4n) is 3.48. The van der Waals surface area contributed by atoms with Crippen LogP contribution in [0.3, 0.4) is 0 Å². The standard InChI is InChI=1S/C22H22N4O2S/c1-14-3-4-18(9-15(14)2)26-12-17(10-20(26)27)22(28)25-11-19-21(24-7-6-23-19)16-5-8-29-13-16/h3-9,13,17H,10-12H2,1-2H3,(H,25,28)/t17-/m1/s1. The third-order valence-electron chi connectivity index (χ3n) is 5.30. The molecule has 1 fully saturated rings. The molecule has 1 atom stereocenters. The van der Waals surface area contributed by atoms with Crippen molar-refractivity contribution >= 4 is 28.8 Å². The van der Waals surface area contributed by atoms with Crippen molar-refractivity contribution in [3.05, 3.63) is 64.2 Å². The lowest BCUT2D eigenvalue weighted by Gasteiger charge is -2.18. The molecule has 3 aromatic rings. The van der Waals surface area contributed by atoms with Crippen molar-refractivity contribution in [2.75, 3.05) is 11.4 Å². The first-order chi connectivity index (χ1) is 14.0. The van der Waals surface area contributed by atoms with Gasteiger partial charge in [-0.15, -0.1) is 0 Å². The van der Waals surface area contributed by atoms with Crippen LogP contribution in [0.1, 0.15) is 23.2 Å². The zero-order valence-corrected chi connectivity index (χ0v) is 17.2. The lowest BCUT2D eigenvalue weighted by Crippen LogP contribution is -2.33. The molecule has 3 heterocycles. The Labute approximate surface area is 173 Å². The molecule has 6 nitrogen and oxygen atoms in total. The number of hydrogen-bond donors (Lipinski definition) is 1. The molecule has 0 saturated carbocycles. The van der Waals surface area contributed by atoms with Crippen molar-refractivity contribution in [1.82, 2.24) is 15.3 Å². The average Bonchev–Trinajstić information content (AvgIpc) is 3.38. The summed E-state index contributed by atoms with van der Waals surface area (Å²) < 4.78 is 0. The molecule has 2 aromatic heterocycles. The third kappa shape index (κ3) is 4.05. The first-order valence-corrected chi connectivity index (χ1v) is 10.4. The van der Waals surface area contributed by atoms with E-state index in [0.29, 0.717) is 6.54 Å². The summed E-state index contributed by atoms with van der Waals surface area (Å²) in [4.78, 5) is 35.7. The van der Waals surface area contributed by atoms with Gasteiger partial charge in [0.05, 0.1) is 23.9 Å². The second-order valence-corrected chi connectivity index (χ2v) is 8.04. The van der Waals surface area contributed by atoms with Crippen LogP contribution in [0.4, 0.5) is 5.69 Å². The van der Waals surface area contributed by atoms with E-state index >= 15 is 0 Å². The average molecular weight is 407 g/mol. The van der Waals surface area contributed by atoms with Gasteiger partial charge in [0, 0.05) is 42.0 Å². The minimum absolute atomic E-state index is 0.0214. The van der Waals surface area contributed by atoms with E-state index in [1.807, 2.05) is 48.9 Å². The number of hydrogen-bond acceptors (Lipinski definition) is 5. The molecule has 4 rings (SSSR count). The Balaban J connectivity index is 1.43. The number of benzene rings is 1. The molecule has 29 heavy (non-hydrogen) atoms. The summed E-state index contributed by atoms with van der Waals surface area (Å²) in [5, 5.41) is 6.93. The number of amides is 2. The number of rotatable bonds is 5. The zero-order chi connectivity index (χ0) is 20.4. The van der Waals surface area contributed by atoms with Gasteiger partial charge in [-0.25, -0.2) is 0 Å². The topological polar surface area (TPSA) is 75.2 Å². The SMILES string of the molecule is Cc1ccc(N2C[C@H](C(=O)NCc3nccnc3-c3ccsc3)CC2=O)cc1C. The van der Waals surface area contributed by atoms with E-state index in [0.717, 1.165) is 28.2 Å². The lowest BCUT2D eigenvalue weighted by atomic mass is 10.1. The molecule has 0 aliphatic carbocycles. The van der Waals surface area contributed by atoms with Crippen molar-refractivity contribution in [1.29, 1.82) is 0 Å². The summed E-state index contributed by atoms with van der Waals surface area (Å²) in [5.41, 5.74) is 5.64. The van der Waals surface area contributed by atoms with Gasteiger partial charge in [-0.3, -0.25) is 19.6 Å². The number of aromatic nitrogens is 2. The summed E-state index contributed by atoms with van der Waals surface area (Å²) >= 11 is 1.59. The highest BCUT2D eigenvalue weighted by molar-refractivity contribution is 7.08. The quantitative estimate of drug-likeness (QED) is 0.704. The van der Waals surface area contributed by atoms with Crippen LogP contribution in [0.2, 0.25) is 0 Å². The van der Waals surface area contributed by atoms with Gasteiger partial charge in [0.1, 0.15) is 0 Å². The smallest absolute Gasteiger partial charge is 0.227 e. The van der Waals surface area contributed by atoms with Gasteiger partial charge in [-0.2, -0.15) is 11.3 Å². The Morgan fingerprint density at radius 3 is 2.79 bits per heavy atom. The highest BCUT2D eigenvalue weighted by Gasteiger charge is 2.35. The Kier molecular flexibility index (Phi) is 5.40. The highest BCUT2D eigenvalue weighted by atomic mass is 32.1. The van der Waals surface area contributed by atoms with Crippen LogP contribution in [0.15, 0.2) is 47.4 Å². The molecular formula is C22H22N4O2S. The Morgan fingerprint density at radius 2 is 2.03 bits per heavy atom.